The summed E-state index contributed by atoms with van der Waals surface area (Å²) in [4.78, 5) is 48.9. The Kier molecular flexibility index (Phi) is 9.10. The van der Waals surface area contributed by atoms with Crippen molar-refractivity contribution in [1.82, 2.24) is 14.7 Å². The molecule has 3 saturated heterocycles. The third kappa shape index (κ3) is 5.11. The van der Waals surface area contributed by atoms with E-state index in [1.807, 2.05) is 65.0 Å². The standard InChI is InChI=1S/C34H49N3O5/c1-9-17-35(18-10-2)29(39)26-27-30(40)37(25(22-38)20-24-15-13-12-14-16-24)28(31(41)36(19-11-3)32(5,6)7)34(27)21-23(4)33(26,8)42-34/h9,11-16,23,25-28,38H,1,3,10,17-22H2,2,4-8H3/t23?,25-,26+,27+,28?,33-,34?/m1/s1. The highest BCUT2D eigenvalue weighted by Crippen LogP contribution is 2.66. The van der Waals surface area contributed by atoms with Crippen LogP contribution in [0.15, 0.2) is 55.6 Å². The van der Waals surface area contributed by atoms with Crippen molar-refractivity contribution in [3.63, 3.8) is 0 Å². The van der Waals surface area contributed by atoms with Crippen molar-refractivity contribution in [3.05, 3.63) is 61.2 Å². The summed E-state index contributed by atoms with van der Waals surface area (Å²) in [5.41, 5.74) is -1.72. The van der Waals surface area contributed by atoms with E-state index < -0.39 is 40.7 Å². The number of hydrogen-bond donors (Lipinski definition) is 1. The second kappa shape index (κ2) is 12.0. The maximum absolute atomic E-state index is 14.8. The molecule has 2 bridgehead atoms. The lowest BCUT2D eigenvalue weighted by Gasteiger charge is -2.43. The summed E-state index contributed by atoms with van der Waals surface area (Å²) in [5, 5.41) is 10.7. The molecule has 0 radical (unpaired) electrons. The number of benzene rings is 1. The summed E-state index contributed by atoms with van der Waals surface area (Å²) in [5.74, 6) is -2.33. The highest BCUT2D eigenvalue weighted by Gasteiger charge is 2.80. The molecule has 0 saturated carbocycles. The van der Waals surface area contributed by atoms with Crippen LogP contribution in [-0.4, -0.2) is 92.6 Å². The fraction of sp³-hybridized carbons (Fsp3) is 0.618. The Morgan fingerprint density at radius 2 is 1.81 bits per heavy atom. The summed E-state index contributed by atoms with van der Waals surface area (Å²) >= 11 is 0. The summed E-state index contributed by atoms with van der Waals surface area (Å²) in [7, 11) is 0. The molecule has 0 aliphatic carbocycles. The van der Waals surface area contributed by atoms with Crippen LogP contribution in [0.2, 0.25) is 0 Å². The largest absolute Gasteiger partial charge is 0.394 e. The smallest absolute Gasteiger partial charge is 0.249 e. The van der Waals surface area contributed by atoms with E-state index in [2.05, 4.69) is 20.1 Å². The fourth-order valence-corrected chi connectivity index (χ4v) is 7.75. The number of likely N-dealkylation sites (tertiary alicyclic amines) is 1. The van der Waals surface area contributed by atoms with Gasteiger partial charge in [0.25, 0.3) is 0 Å². The quantitative estimate of drug-likeness (QED) is 0.380. The first kappa shape index (κ1) is 32.0. The molecule has 0 aromatic heterocycles. The van der Waals surface area contributed by atoms with E-state index >= 15 is 0 Å². The first-order valence-electron chi connectivity index (χ1n) is 15.3. The number of hydrogen-bond acceptors (Lipinski definition) is 5. The Labute approximate surface area is 251 Å². The van der Waals surface area contributed by atoms with Gasteiger partial charge in [0.15, 0.2) is 0 Å². The van der Waals surface area contributed by atoms with Crippen molar-refractivity contribution in [2.45, 2.75) is 89.6 Å². The number of aliphatic hydroxyl groups excluding tert-OH is 1. The van der Waals surface area contributed by atoms with Gasteiger partial charge >= 0.3 is 0 Å². The number of rotatable bonds is 12. The predicted molar refractivity (Wildman–Crippen MR) is 163 cm³/mol. The van der Waals surface area contributed by atoms with Crippen LogP contribution in [-0.2, 0) is 25.5 Å². The zero-order valence-corrected chi connectivity index (χ0v) is 26.2. The molecule has 1 aromatic carbocycles. The number of carbonyl (C=O) groups is 3. The maximum Gasteiger partial charge on any atom is 0.249 e. The van der Waals surface area contributed by atoms with E-state index in [0.29, 0.717) is 32.5 Å². The SMILES string of the molecule is C=CCN(CCC)C(=O)[C@@H]1[C@H]2C(=O)N([C@@H](CO)Cc3ccccc3)C(C(=O)N(CC=C)C(C)(C)C)C23CC(C)[C@@]1(C)O3. The van der Waals surface area contributed by atoms with E-state index in [1.54, 1.807) is 26.9 Å². The summed E-state index contributed by atoms with van der Waals surface area (Å²) in [6.07, 6.45) is 5.00. The van der Waals surface area contributed by atoms with E-state index in [4.69, 9.17) is 4.74 Å². The minimum absolute atomic E-state index is 0.0675. The van der Waals surface area contributed by atoms with Gasteiger partial charge in [0.1, 0.15) is 11.6 Å². The van der Waals surface area contributed by atoms with E-state index in [9.17, 15) is 19.5 Å². The first-order chi connectivity index (χ1) is 19.8. The average Bonchev–Trinajstić information content (AvgIpc) is 3.46. The lowest BCUT2D eigenvalue weighted by Crippen LogP contribution is -2.62. The van der Waals surface area contributed by atoms with Crippen molar-refractivity contribution < 1.29 is 24.2 Å². The third-order valence-electron chi connectivity index (χ3n) is 9.71. The Morgan fingerprint density at radius 3 is 2.36 bits per heavy atom. The van der Waals surface area contributed by atoms with Gasteiger partial charge < -0.3 is 24.5 Å². The van der Waals surface area contributed by atoms with Gasteiger partial charge in [-0.1, -0.05) is 56.3 Å². The zero-order valence-electron chi connectivity index (χ0n) is 26.2. The third-order valence-corrected chi connectivity index (χ3v) is 9.71. The number of nitrogens with zero attached hydrogens (tertiary/aromatic N) is 3. The van der Waals surface area contributed by atoms with Gasteiger partial charge in [-0.25, -0.2) is 0 Å². The number of amides is 3. The fourth-order valence-electron chi connectivity index (χ4n) is 7.75. The van der Waals surface area contributed by atoms with E-state index in [-0.39, 0.29) is 30.2 Å². The summed E-state index contributed by atoms with van der Waals surface area (Å²) in [6, 6.07) is 8.00. The lowest BCUT2D eigenvalue weighted by atomic mass is 9.62. The predicted octanol–water partition coefficient (Wildman–Crippen LogP) is 3.84. The normalized spacial score (nSPS) is 30.6. The molecule has 3 amide bonds. The van der Waals surface area contributed by atoms with Crippen LogP contribution in [0.5, 0.6) is 0 Å². The molecule has 3 heterocycles. The summed E-state index contributed by atoms with van der Waals surface area (Å²) in [6.45, 7) is 20.5. The van der Waals surface area contributed by atoms with Crippen molar-refractivity contribution >= 4 is 17.7 Å². The topological polar surface area (TPSA) is 90.4 Å². The van der Waals surface area contributed by atoms with Crippen LogP contribution in [0.3, 0.4) is 0 Å². The minimum Gasteiger partial charge on any atom is -0.394 e. The Balaban J connectivity index is 1.89. The molecule has 3 aliphatic rings. The number of ether oxygens (including phenoxy) is 1. The molecule has 3 fully saturated rings. The van der Waals surface area contributed by atoms with Crippen molar-refractivity contribution in [1.29, 1.82) is 0 Å². The minimum atomic E-state index is -1.19. The zero-order chi connectivity index (χ0) is 31.0. The van der Waals surface area contributed by atoms with Crippen molar-refractivity contribution in [3.8, 4) is 0 Å². The summed E-state index contributed by atoms with van der Waals surface area (Å²) < 4.78 is 6.95. The van der Waals surface area contributed by atoms with E-state index in [0.717, 1.165) is 12.0 Å². The van der Waals surface area contributed by atoms with Gasteiger partial charge in [-0.15, -0.1) is 13.2 Å². The van der Waals surface area contributed by atoms with Crippen LogP contribution in [0.25, 0.3) is 0 Å². The molecule has 1 spiro atoms. The van der Waals surface area contributed by atoms with Gasteiger partial charge in [0.05, 0.1) is 30.1 Å². The van der Waals surface area contributed by atoms with Gasteiger partial charge in [-0.05, 0) is 58.4 Å². The second-order valence-electron chi connectivity index (χ2n) is 13.5. The molecule has 1 aromatic rings. The number of aliphatic hydroxyl groups is 1. The molecule has 7 atom stereocenters. The van der Waals surface area contributed by atoms with Crippen molar-refractivity contribution in [2.75, 3.05) is 26.2 Å². The molecular formula is C34H49N3O5. The van der Waals surface area contributed by atoms with Crippen molar-refractivity contribution in [2.24, 2.45) is 17.8 Å². The highest BCUT2D eigenvalue weighted by molar-refractivity contribution is 5.99. The lowest BCUT2D eigenvalue weighted by molar-refractivity contribution is -0.159. The highest BCUT2D eigenvalue weighted by atomic mass is 16.5. The maximum atomic E-state index is 14.8. The molecule has 3 unspecified atom stereocenters. The molecule has 8 heteroatoms. The van der Waals surface area contributed by atoms with Gasteiger partial charge in [-0.2, -0.15) is 0 Å². The molecule has 42 heavy (non-hydrogen) atoms. The van der Waals surface area contributed by atoms with Crippen LogP contribution >= 0.6 is 0 Å². The van der Waals surface area contributed by atoms with Crippen LogP contribution in [0.4, 0.5) is 0 Å². The van der Waals surface area contributed by atoms with Gasteiger partial charge in [-0.3, -0.25) is 14.4 Å². The van der Waals surface area contributed by atoms with Gasteiger partial charge in [0, 0.05) is 25.2 Å². The van der Waals surface area contributed by atoms with E-state index in [1.165, 1.54) is 0 Å². The molecule has 1 N–H and O–H groups in total. The monoisotopic (exact) mass is 579 g/mol. The Morgan fingerprint density at radius 1 is 1.17 bits per heavy atom. The van der Waals surface area contributed by atoms with Crippen LogP contribution < -0.4 is 0 Å². The average molecular weight is 580 g/mol. The molecule has 4 rings (SSSR count). The van der Waals surface area contributed by atoms with Crippen LogP contribution in [0, 0.1) is 17.8 Å². The number of carbonyl (C=O) groups excluding carboxylic acids is 3. The number of fused-ring (bicyclic) bond motifs is 1. The molecular weight excluding hydrogens is 530 g/mol. The Bertz CT molecular complexity index is 1200. The Hall–Kier alpha value is -2.97. The molecule has 3 aliphatic heterocycles. The second-order valence-corrected chi connectivity index (χ2v) is 13.5. The molecule has 230 valence electrons. The van der Waals surface area contributed by atoms with Crippen LogP contribution in [0.1, 0.15) is 59.9 Å². The first-order valence-corrected chi connectivity index (χ1v) is 15.3. The van der Waals surface area contributed by atoms with Gasteiger partial charge in [0.2, 0.25) is 17.7 Å². The molecule has 8 nitrogen and oxygen atoms in total.